The molecule has 2 aromatic rings. The van der Waals surface area contributed by atoms with E-state index in [1.54, 1.807) is 6.20 Å². The number of benzene rings is 1. The molecule has 0 bridgehead atoms. The third-order valence-corrected chi connectivity index (χ3v) is 3.34. The molecule has 19 heavy (non-hydrogen) atoms. The lowest BCUT2D eigenvalue weighted by Crippen LogP contribution is -1.95. The van der Waals surface area contributed by atoms with E-state index in [0.29, 0.717) is 6.61 Å². The Morgan fingerprint density at radius 3 is 3.00 bits per heavy atom. The molecule has 0 aliphatic rings. The van der Waals surface area contributed by atoms with Crippen molar-refractivity contribution in [1.82, 2.24) is 4.98 Å². The third-order valence-electron chi connectivity index (χ3n) is 2.41. The van der Waals surface area contributed by atoms with Gasteiger partial charge in [-0.25, -0.2) is 9.78 Å². The molecule has 0 saturated carbocycles. The van der Waals surface area contributed by atoms with Crippen LogP contribution in [0.4, 0.5) is 0 Å². The molecule has 4 nitrogen and oxygen atoms in total. The van der Waals surface area contributed by atoms with E-state index >= 15 is 0 Å². The minimum absolute atomic E-state index is 0.385. The highest BCUT2D eigenvalue weighted by Gasteiger charge is 2.03. The van der Waals surface area contributed by atoms with Gasteiger partial charge in [0.1, 0.15) is 17.4 Å². The molecule has 0 radical (unpaired) electrons. The number of hydrogen-bond acceptors (Lipinski definition) is 4. The Bertz CT molecular complexity index is 604. The van der Waals surface area contributed by atoms with Gasteiger partial charge in [0, 0.05) is 17.2 Å². The van der Waals surface area contributed by atoms with Crippen molar-refractivity contribution in [3.63, 3.8) is 0 Å². The summed E-state index contributed by atoms with van der Waals surface area (Å²) in [7, 11) is 0. The Kier molecular flexibility index (Phi) is 4.30. The standard InChI is InChI=1S/C14H13NO3S/c1-10-4-2-3-5-12(10)18-9-13-15-8-11(19-13)6-7-14(16)17/h2-8H,9H2,1H3,(H,16,17)/b7-6+. The molecule has 1 heterocycles. The summed E-state index contributed by atoms with van der Waals surface area (Å²) in [5.41, 5.74) is 1.07. The summed E-state index contributed by atoms with van der Waals surface area (Å²) < 4.78 is 5.67. The molecule has 0 fully saturated rings. The van der Waals surface area contributed by atoms with Gasteiger partial charge in [0.2, 0.25) is 0 Å². The second-order valence-corrected chi connectivity index (χ2v) is 5.03. The number of nitrogens with zero attached hydrogens (tertiary/aromatic N) is 1. The van der Waals surface area contributed by atoms with Gasteiger partial charge in [-0.15, -0.1) is 11.3 Å². The second kappa shape index (κ2) is 6.15. The highest BCUT2D eigenvalue weighted by Crippen LogP contribution is 2.20. The molecule has 0 saturated heterocycles. The lowest BCUT2D eigenvalue weighted by atomic mass is 10.2. The molecule has 98 valence electrons. The first-order valence-electron chi connectivity index (χ1n) is 5.69. The van der Waals surface area contributed by atoms with Gasteiger partial charge < -0.3 is 9.84 Å². The van der Waals surface area contributed by atoms with Crippen LogP contribution in [0.3, 0.4) is 0 Å². The predicted octanol–water partition coefficient (Wildman–Crippen LogP) is 3.13. The van der Waals surface area contributed by atoms with Gasteiger partial charge in [-0.05, 0) is 24.6 Å². The van der Waals surface area contributed by atoms with Crippen molar-refractivity contribution in [2.45, 2.75) is 13.5 Å². The summed E-state index contributed by atoms with van der Waals surface area (Å²) in [5, 5.41) is 9.35. The lowest BCUT2D eigenvalue weighted by molar-refractivity contribution is -0.131. The van der Waals surface area contributed by atoms with Gasteiger partial charge in [0.05, 0.1) is 0 Å². The van der Waals surface area contributed by atoms with Gasteiger partial charge in [-0.2, -0.15) is 0 Å². The summed E-state index contributed by atoms with van der Waals surface area (Å²) in [4.78, 5) is 15.4. The van der Waals surface area contributed by atoms with Crippen molar-refractivity contribution in [1.29, 1.82) is 0 Å². The van der Waals surface area contributed by atoms with Gasteiger partial charge >= 0.3 is 5.97 Å². The van der Waals surface area contributed by atoms with Crippen LogP contribution in [0.2, 0.25) is 0 Å². The maximum Gasteiger partial charge on any atom is 0.328 e. The van der Waals surface area contributed by atoms with Crippen LogP contribution in [-0.2, 0) is 11.4 Å². The number of hydrogen-bond donors (Lipinski definition) is 1. The Hall–Kier alpha value is -2.14. The second-order valence-electron chi connectivity index (χ2n) is 3.88. The number of rotatable bonds is 5. The van der Waals surface area contributed by atoms with E-state index in [4.69, 9.17) is 9.84 Å². The Balaban J connectivity index is 1.97. The fraction of sp³-hybridized carbons (Fsp3) is 0.143. The first kappa shape index (κ1) is 13.3. The summed E-state index contributed by atoms with van der Waals surface area (Å²) in [5.74, 6) is -0.133. The molecule has 1 N–H and O–H groups in total. The minimum atomic E-state index is -0.967. The molecule has 0 spiro atoms. The predicted molar refractivity (Wildman–Crippen MR) is 74.3 cm³/mol. The third kappa shape index (κ3) is 3.93. The van der Waals surface area contributed by atoms with Gasteiger partial charge in [0.15, 0.2) is 0 Å². The zero-order chi connectivity index (χ0) is 13.7. The number of thiazole rings is 1. The first-order chi connectivity index (χ1) is 9.15. The molecule has 1 aromatic carbocycles. The number of carboxylic acid groups (broad SMARTS) is 1. The number of ether oxygens (including phenoxy) is 1. The molecular formula is C14H13NO3S. The Morgan fingerprint density at radius 1 is 1.47 bits per heavy atom. The largest absolute Gasteiger partial charge is 0.486 e. The van der Waals surface area contributed by atoms with Crippen molar-refractivity contribution < 1.29 is 14.6 Å². The maximum absolute atomic E-state index is 10.4. The molecule has 5 heteroatoms. The van der Waals surface area contributed by atoms with Gasteiger partial charge in [-0.3, -0.25) is 0 Å². The fourth-order valence-electron chi connectivity index (χ4n) is 1.48. The van der Waals surface area contributed by atoms with E-state index in [9.17, 15) is 4.79 Å². The Morgan fingerprint density at radius 2 is 2.26 bits per heavy atom. The molecule has 0 unspecified atom stereocenters. The smallest absolute Gasteiger partial charge is 0.328 e. The number of para-hydroxylation sites is 1. The molecular weight excluding hydrogens is 262 g/mol. The number of aryl methyl sites for hydroxylation is 1. The molecule has 0 atom stereocenters. The number of carbonyl (C=O) groups is 1. The zero-order valence-corrected chi connectivity index (χ0v) is 11.2. The van der Waals surface area contributed by atoms with Crippen molar-refractivity contribution in [3.05, 3.63) is 52.0 Å². The van der Waals surface area contributed by atoms with Crippen molar-refractivity contribution >= 4 is 23.4 Å². The quantitative estimate of drug-likeness (QED) is 0.852. The van der Waals surface area contributed by atoms with Crippen LogP contribution in [-0.4, -0.2) is 16.1 Å². The first-order valence-corrected chi connectivity index (χ1v) is 6.51. The van der Waals surface area contributed by atoms with Crippen LogP contribution in [0.5, 0.6) is 5.75 Å². The van der Waals surface area contributed by atoms with Crippen LogP contribution >= 0.6 is 11.3 Å². The van der Waals surface area contributed by atoms with Gasteiger partial charge in [0.25, 0.3) is 0 Å². The maximum atomic E-state index is 10.4. The van der Waals surface area contributed by atoms with E-state index in [0.717, 1.165) is 27.3 Å². The summed E-state index contributed by atoms with van der Waals surface area (Å²) in [6.07, 6.45) is 4.26. The molecule has 0 amide bonds. The highest BCUT2D eigenvalue weighted by molar-refractivity contribution is 7.12. The Labute approximate surface area is 115 Å². The normalized spacial score (nSPS) is 10.8. The topological polar surface area (TPSA) is 59.4 Å². The van der Waals surface area contributed by atoms with Crippen molar-refractivity contribution in [2.24, 2.45) is 0 Å². The van der Waals surface area contributed by atoms with Crippen molar-refractivity contribution in [3.8, 4) is 5.75 Å². The van der Waals surface area contributed by atoms with Crippen LogP contribution in [0.15, 0.2) is 36.5 Å². The SMILES string of the molecule is Cc1ccccc1OCc1ncc(/C=C/C(=O)O)s1. The average Bonchev–Trinajstić information content (AvgIpc) is 2.83. The minimum Gasteiger partial charge on any atom is -0.486 e. The number of aliphatic carboxylic acids is 1. The average molecular weight is 275 g/mol. The van der Waals surface area contributed by atoms with E-state index < -0.39 is 5.97 Å². The van der Waals surface area contributed by atoms with E-state index in [-0.39, 0.29) is 0 Å². The molecule has 1 aromatic heterocycles. The molecule has 0 aliphatic heterocycles. The number of carboxylic acids is 1. The van der Waals surface area contributed by atoms with E-state index in [1.165, 1.54) is 17.4 Å². The molecule has 0 aliphatic carbocycles. The van der Waals surface area contributed by atoms with Crippen LogP contribution in [0.1, 0.15) is 15.4 Å². The summed E-state index contributed by atoms with van der Waals surface area (Å²) in [6, 6.07) is 7.78. The monoisotopic (exact) mass is 275 g/mol. The van der Waals surface area contributed by atoms with Crippen LogP contribution in [0, 0.1) is 6.92 Å². The number of aromatic nitrogens is 1. The van der Waals surface area contributed by atoms with E-state index in [2.05, 4.69) is 4.98 Å². The lowest BCUT2D eigenvalue weighted by Gasteiger charge is -2.06. The van der Waals surface area contributed by atoms with Crippen molar-refractivity contribution in [2.75, 3.05) is 0 Å². The molecule has 2 rings (SSSR count). The van der Waals surface area contributed by atoms with Gasteiger partial charge in [-0.1, -0.05) is 18.2 Å². The van der Waals surface area contributed by atoms with Crippen LogP contribution in [0.25, 0.3) is 6.08 Å². The highest BCUT2D eigenvalue weighted by atomic mass is 32.1. The summed E-state index contributed by atoms with van der Waals surface area (Å²) >= 11 is 1.41. The van der Waals surface area contributed by atoms with E-state index in [1.807, 2.05) is 31.2 Å². The zero-order valence-electron chi connectivity index (χ0n) is 10.4. The fourth-order valence-corrected chi connectivity index (χ4v) is 2.22. The van der Waals surface area contributed by atoms with Crippen LogP contribution < -0.4 is 4.74 Å². The summed E-state index contributed by atoms with van der Waals surface area (Å²) in [6.45, 7) is 2.37.